The van der Waals surface area contributed by atoms with Gasteiger partial charge in [-0.05, 0) is 31.0 Å². The van der Waals surface area contributed by atoms with Gasteiger partial charge in [0.05, 0.1) is 0 Å². The smallest absolute Gasteiger partial charge is 0.270 e. The molecule has 4 heteroatoms. The highest BCUT2D eigenvalue weighted by molar-refractivity contribution is 5.93. The molecule has 0 saturated carbocycles. The third-order valence-electron chi connectivity index (χ3n) is 4.60. The second kappa shape index (κ2) is 7.01. The fourth-order valence-corrected chi connectivity index (χ4v) is 3.37. The highest BCUT2D eigenvalue weighted by atomic mass is 16.2. The van der Waals surface area contributed by atoms with Gasteiger partial charge in [0.2, 0.25) is 0 Å². The van der Waals surface area contributed by atoms with Gasteiger partial charge in [-0.3, -0.25) is 9.69 Å². The van der Waals surface area contributed by atoms with E-state index in [0.29, 0.717) is 0 Å². The molecule has 122 valence electrons. The highest BCUT2D eigenvalue weighted by Crippen LogP contribution is 2.16. The molecule has 23 heavy (non-hydrogen) atoms. The predicted octanol–water partition coefficient (Wildman–Crippen LogP) is 2.76. The van der Waals surface area contributed by atoms with Crippen molar-refractivity contribution in [3.63, 3.8) is 0 Å². The van der Waals surface area contributed by atoms with E-state index in [1.54, 1.807) is 0 Å². The van der Waals surface area contributed by atoms with Crippen molar-refractivity contribution in [3.05, 3.63) is 59.9 Å². The fraction of sp³-hybridized carbons (Fsp3) is 0.421. The van der Waals surface area contributed by atoms with E-state index in [2.05, 4.69) is 42.2 Å². The zero-order valence-corrected chi connectivity index (χ0v) is 14.0. The molecule has 1 aromatic carbocycles. The van der Waals surface area contributed by atoms with Crippen LogP contribution < -0.4 is 0 Å². The van der Waals surface area contributed by atoms with Gasteiger partial charge in [0.15, 0.2) is 0 Å². The molecule has 1 aromatic heterocycles. The third-order valence-corrected chi connectivity index (χ3v) is 4.60. The van der Waals surface area contributed by atoms with Gasteiger partial charge in [-0.25, -0.2) is 0 Å². The molecule has 0 aliphatic carbocycles. The Morgan fingerprint density at radius 1 is 1.13 bits per heavy atom. The van der Waals surface area contributed by atoms with Crippen LogP contribution in [-0.2, 0) is 13.6 Å². The minimum absolute atomic E-state index is 0.145. The van der Waals surface area contributed by atoms with Crippen LogP contribution in [0.3, 0.4) is 0 Å². The number of aromatic nitrogens is 1. The summed E-state index contributed by atoms with van der Waals surface area (Å²) in [6.07, 6.45) is 2.95. The van der Waals surface area contributed by atoms with E-state index in [0.717, 1.165) is 38.3 Å². The van der Waals surface area contributed by atoms with E-state index < -0.39 is 0 Å². The molecule has 1 amide bonds. The maximum Gasteiger partial charge on any atom is 0.270 e. The van der Waals surface area contributed by atoms with E-state index in [1.165, 1.54) is 5.56 Å². The van der Waals surface area contributed by atoms with Gasteiger partial charge in [0.25, 0.3) is 5.91 Å². The van der Waals surface area contributed by atoms with Gasteiger partial charge in [0, 0.05) is 45.5 Å². The molecule has 3 rings (SSSR count). The average molecular weight is 311 g/mol. The summed E-state index contributed by atoms with van der Waals surface area (Å²) in [6, 6.07) is 14.6. The zero-order chi connectivity index (χ0) is 16.2. The van der Waals surface area contributed by atoms with Crippen molar-refractivity contribution in [3.8, 4) is 0 Å². The number of amides is 1. The monoisotopic (exact) mass is 311 g/mol. The summed E-state index contributed by atoms with van der Waals surface area (Å²) in [5, 5.41) is 0. The molecule has 1 unspecified atom stereocenters. The predicted molar refractivity (Wildman–Crippen MR) is 92.2 cm³/mol. The van der Waals surface area contributed by atoms with Gasteiger partial charge in [-0.2, -0.15) is 0 Å². The van der Waals surface area contributed by atoms with E-state index in [4.69, 9.17) is 0 Å². The summed E-state index contributed by atoms with van der Waals surface area (Å²) in [5.41, 5.74) is 2.11. The normalized spacial score (nSPS) is 19.6. The summed E-state index contributed by atoms with van der Waals surface area (Å²) >= 11 is 0. The topological polar surface area (TPSA) is 28.5 Å². The number of carbonyl (C=O) groups is 1. The highest BCUT2D eigenvalue weighted by Gasteiger charge is 2.27. The van der Waals surface area contributed by atoms with Crippen LogP contribution in [0.15, 0.2) is 48.7 Å². The number of benzene rings is 1. The molecule has 4 nitrogen and oxygen atoms in total. The quantitative estimate of drug-likeness (QED) is 0.872. The number of hydrogen-bond acceptors (Lipinski definition) is 2. The second-order valence-corrected chi connectivity index (χ2v) is 6.43. The molecule has 0 spiro atoms. The molecule has 1 saturated heterocycles. The Hall–Kier alpha value is -2.07. The van der Waals surface area contributed by atoms with Crippen LogP contribution in [0.2, 0.25) is 0 Å². The van der Waals surface area contributed by atoms with E-state index in [-0.39, 0.29) is 11.9 Å². The van der Waals surface area contributed by atoms with Crippen molar-refractivity contribution in [2.45, 2.75) is 25.9 Å². The van der Waals surface area contributed by atoms with E-state index in [9.17, 15) is 4.79 Å². The maximum atomic E-state index is 12.8. The Morgan fingerprint density at radius 2 is 1.91 bits per heavy atom. The van der Waals surface area contributed by atoms with Crippen LogP contribution in [0.4, 0.5) is 0 Å². The van der Waals surface area contributed by atoms with Crippen molar-refractivity contribution in [2.24, 2.45) is 7.05 Å². The number of carbonyl (C=O) groups excluding carboxylic acids is 1. The maximum absolute atomic E-state index is 12.8. The molecular weight excluding hydrogens is 286 g/mol. The van der Waals surface area contributed by atoms with Gasteiger partial charge in [-0.1, -0.05) is 30.3 Å². The lowest BCUT2D eigenvalue weighted by atomic mass is 10.2. The molecular formula is C19H25N3O. The van der Waals surface area contributed by atoms with Gasteiger partial charge >= 0.3 is 0 Å². The summed E-state index contributed by atoms with van der Waals surface area (Å²) in [5.74, 6) is 0.145. The minimum Gasteiger partial charge on any atom is -0.347 e. The molecule has 2 heterocycles. The average Bonchev–Trinajstić information content (AvgIpc) is 2.89. The second-order valence-electron chi connectivity index (χ2n) is 6.43. The van der Waals surface area contributed by atoms with Crippen molar-refractivity contribution in [1.29, 1.82) is 0 Å². The Bertz CT molecular complexity index is 650. The van der Waals surface area contributed by atoms with Crippen LogP contribution in [-0.4, -0.2) is 46.0 Å². The van der Waals surface area contributed by atoms with Crippen LogP contribution >= 0.6 is 0 Å². The number of nitrogens with zero attached hydrogens (tertiary/aromatic N) is 3. The molecule has 0 N–H and O–H groups in total. The van der Waals surface area contributed by atoms with Crippen molar-refractivity contribution < 1.29 is 4.79 Å². The van der Waals surface area contributed by atoms with Gasteiger partial charge < -0.3 is 9.47 Å². The van der Waals surface area contributed by atoms with Gasteiger partial charge in [-0.15, -0.1) is 0 Å². The van der Waals surface area contributed by atoms with Crippen molar-refractivity contribution in [2.75, 3.05) is 19.6 Å². The standard InChI is InChI=1S/C19H25N3O/c1-16-14-21(15-17-8-4-3-5-9-17)12-7-13-22(16)19(23)18-10-6-11-20(18)2/h3-6,8-11,16H,7,12-15H2,1-2H3. The largest absolute Gasteiger partial charge is 0.347 e. The number of aryl methyl sites for hydroxylation is 1. The molecule has 1 atom stereocenters. The molecule has 0 bridgehead atoms. The summed E-state index contributed by atoms with van der Waals surface area (Å²) in [6.45, 7) is 5.90. The lowest BCUT2D eigenvalue weighted by Crippen LogP contribution is -2.43. The Morgan fingerprint density at radius 3 is 2.61 bits per heavy atom. The minimum atomic E-state index is 0.145. The van der Waals surface area contributed by atoms with Crippen LogP contribution in [0.1, 0.15) is 29.4 Å². The number of rotatable bonds is 3. The zero-order valence-electron chi connectivity index (χ0n) is 14.0. The molecule has 0 radical (unpaired) electrons. The van der Waals surface area contributed by atoms with Crippen LogP contribution in [0.25, 0.3) is 0 Å². The van der Waals surface area contributed by atoms with Crippen molar-refractivity contribution in [1.82, 2.24) is 14.4 Å². The van der Waals surface area contributed by atoms with Crippen molar-refractivity contribution >= 4 is 5.91 Å². The first-order valence-electron chi connectivity index (χ1n) is 8.34. The molecule has 2 aromatic rings. The van der Waals surface area contributed by atoms with E-state index >= 15 is 0 Å². The fourth-order valence-electron chi connectivity index (χ4n) is 3.37. The molecule has 1 aliphatic rings. The van der Waals surface area contributed by atoms with Gasteiger partial charge in [0.1, 0.15) is 5.69 Å². The number of hydrogen-bond donors (Lipinski definition) is 0. The first-order valence-corrected chi connectivity index (χ1v) is 8.34. The Balaban J connectivity index is 1.67. The lowest BCUT2D eigenvalue weighted by molar-refractivity contribution is 0.0682. The lowest BCUT2D eigenvalue weighted by Gasteiger charge is -2.29. The van der Waals surface area contributed by atoms with Crippen LogP contribution in [0, 0.1) is 0 Å². The summed E-state index contributed by atoms with van der Waals surface area (Å²) in [4.78, 5) is 17.3. The summed E-state index contributed by atoms with van der Waals surface area (Å²) in [7, 11) is 1.93. The first-order chi connectivity index (χ1) is 11.1. The van der Waals surface area contributed by atoms with E-state index in [1.807, 2.05) is 34.8 Å². The third kappa shape index (κ3) is 3.64. The first kappa shape index (κ1) is 15.8. The Kier molecular flexibility index (Phi) is 4.82. The molecule has 1 aliphatic heterocycles. The SMILES string of the molecule is CC1CN(Cc2ccccc2)CCCN1C(=O)c1cccn1C. The van der Waals surface area contributed by atoms with Crippen LogP contribution in [0.5, 0.6) is 0 Å². The summed E-state index contributed by atoms with van der Waals surface area (Å²) < 4.78 is 1.90. The Labute approximate surface area is 138 Å². The molecule has 1 fully saturated rings.